The predicted molar refractivity (Wildman–Crippen MR) is 160 cm³/mol. The second kappa shape index (κ2) is 13.4. The van der Waals surface area contributed by atoms with E-state index in [0.717, 1.165) is 32.1 Å². The first kappa shape index (κ1) is 29.6. The molecule has 43 heavy (non-hydrogen) atoms. The van der Waals surface area contributed by atoms with Gasteiger partial charge in [0.2, 0.25) is 11.8 Å². The number of ether oxygens (including phenoxy) is 2. The molecule has 224 valence electrons. The number of aromatic hydroxyl groups is 1. The predicted octanol–water partition coefficient (Wildman–Crippen LogP) is 4.55. The molecule has 1 unspecified atom stereocenters. The van der Waals surface area contributed by atoms with E-state index in [4.69, 9.17) is 9.47 Å². The second-order valence-electron chi connectivity index (χ2n) is 10.4. The molecule has 2 N–H and O–H groups in total. The Bertz CT molecular complexity index is 1600. The first-order valence-electron chi connectivity index (χ1n) is 14.4. The van der Waals surface area contributed by atoms with Gasteiger partial charge in [-0.2, -0.15) is 0 Å². The summed E-state index contributed by atoms with van der Waals surface area (Å²) in [6.45, 7) is 1.73. The number of esters is 1. The van der Waals surface area contributed by atoms with E-state index < -0.39 is 17.9 Å². The molecule has 0 spiro atoms. The standard InChI is InChI=1S/C32H35N5O6/c1-3-43-32(41)21-13-16-24(17-14-21)37(29(39)20-36-26-12-8-7-11-25(26)34-35-36)30(22-15-18-28(42-2)27(38)19-22)31(40)33-23-9-5-4-6-10-23/h7-8,11-19,23,30,38H,3-6,9-10,20H2,1-2H3,(H,33,40). The third-order valence-corrected chi connectivity index (χ3v) is 7.61. The zero-order valence-corrected chi connectivity index (χ0v) is 24.2. The Hall–Kier alpha value is -4.93. The lowest BCUT2D eigenvalue weighted by molar-refractivity contribution is -0.127. The van der Waals surface area contributed by atoms with Crippen LogP contribution in [0.15, 0.2) is 66.7 Å². The third-order valence-electron chi connectivity index (χ3n) is 7.61. The Morgan fingerprint density at radius 2 is 1.79 bits per heavy atom. The largest absolute Gasteiger partial charge is 0.504 e. The van der Waals surface area contributed by atoms with Gasteiger partial charge < -0.3 is 19.9 Å². The van der Waals surface area contributed by atoms with Crippen LogP contribution in [0.25, 0.3) is 11.0 Å². The summed E-state index contributed by atoms with van der Waals surface area (Å²) in [5.74, 6) is -1.25. The van der Waals surface area contributed by atoms with Gasteiger partial charge in [0.25, 0.3) is 0 Å². The molecule has 1 saturated carbocycles. The number of carbonyl (C=O) groups is 3. The molecule has 11 nitrogen and oxygen atoms in total. The SMILES string of the molecule is CCOC(=O)c1ccc(N(C(=O)Cn2nnc3ccccc32)C(C(=O)NC2CCCCC2)c2ccc(OC)c(O)c2)cc1. The van der Waals surface area contributed by atoms with Crippen LogP contribution in [0.2, 0.25) is 0 Å². The number of phenolic OH excluding ortho intramolecular Hbond substituents is 1. The van der Waals surface area contributed by atoms with Gasteiger partial charge in [-0.25, -0.2) is 9.48 Å². The van der Waals surface area contributed by atoms with Crippen LogP contribution < -0.4 is 15.0 Å². The van der Waals surface area contributed by atoms with Crippen molar-refractivity contribution in [1.82, 2.24) is 20.3 Å². The van der Waals surface area contributed by atoms with Crippen LogP contribution >= 0.6 is 0 Å². The zero-order valence-electron chi connectivity index (χ0n) is 24.2. The number of anilines is 1. The average molecular weight is 586 g/mol. The van der Waals surface area contributed by atoms with E-state index in [1.165, 1.54) is 22.8 Å². The Morgan fingerprint density at radius 3 is 2.49 bits per heavy atom. The first-order chi connectivity index (χ1) is 20.9. The molecule has 1 atom stereocenters. The number of amides is 2. The number of methoxy groups -OCH3 is 1. The molecular weight excluding hydrogens is 550 g/mol. The summed E-state index contributed by atoms with van der Waals surface area (Å²) < 4.78 is 11.8. The number of benzene rings is 3. The molecule has 0 saturated heterocycles. The molecule has 4 aromatic rings. The van der Waals surface area contributed by atoms with Gasteiger partial charge in [0, 0.05) is 11.7 Å². The van der Waals surface area contributed by atoms with Gasteiger partial charge in [-0.05, 0) is 73.9 Å². The fourth-order valence-corrected chi connectivity index (χ4v) is 5.47. The maximum absolute atomic E-state index is 14.3. The number of phenols is 1. The Labute approximate surface area is 249 Å². The molecule has 1 heterocycles. The summed E-state index contributed by atoms with van der Waals surface area (Å²) in [6, 6.07) is 17.1. The number of rotatable bonds is 10. The molecule has 5 rings (SSSR count). The lowest BCUT2D eigenvalue weighted by atomic mass is 9.94. The molecule has 0 aliphatic heterocycles. The minimum Gasteiger partial charge on any atom is -0.504 e. The topological polar surface area (TPSA) is 136 Å². The number of fused-ring (bicyclic) bond motifs is 1. The van der Waals surface area contributed by atoms with Crippen LogP contribution in [-0.4, -0.2) is 57.6 Å². The molecule has 1 aromatic heterocycles. The summed E-state index contributed by atoms with van der Waals surface area (Å²) >= 11 is 0. The molecule has 0 radical (unpaired) electrons. The number of para-hydroxylation sites is 1. The van der Waals surface area contributed by atoms with Crippen molar-refractivity contribution < 1.29 is 29.0 Å². The molecule has 1 fully saturated rings. The number of hydrogen-bond acceptors (Lipinski definition) is 8. The van der Waals surface area contributed by atoms with Crippen LogP contribution in [0.1, 0.15) is 61.0 Å². The average Bonchev–Trinajstić information content (AvgIpc) is 3.43. The summed E-state index contributed by atoms with van der Waals surface area (Å²) in [5, 5.41) is 22.2. The lowest BCUT2D eigenvalue weighted by Crippen LogP contribution is -2.48. The highest BCUT2D eigenvalue weighted by atomic mass is 16.5. The van der Waals surface area contributed by atoms with Crippen molar-refractivity contribution in [3.63, 3.8) is 0 Å². The summed E-state index contributed by atoms with van der Waals surface area (Å²) in [5.41, 5.74) is 2.37. The van der Waals surface area contributed by atoms with Gasteiger partial charge in [-0.15, -0.1) is 5.10 Å². The van der Waals surface area contributed by atoms with Gasteiger partial charge in [-0.3, -0.25) is 14.5 Å². The Balaban J connectivity index is 1.59. The van der Waals surface area contributed by atoms with Crippen molar-refractivity contribution in [2.45, 2.75) is 57.7 Å². The number of aromatic nitrogens is 3. The van der Waals surface area contributed by atoms with E-state index in [1.807, 2.05) is 18.2 Å². The van der Waals surface area contributed by atoms with E-state index in [2.05, 4.69) is 15.6 Å². The van der Waals surface area contributed by atoms with Crippen LogP contribution in [0.4, 0.5) is 5.69 Å². The number of nitrogens with zero attached hydrogens (tertiary/aromatic N) is 4. The second-order valence-corrected chi connectivity index (χ2v) is 10.4. The first-order valence-corrected chi connectivity index (χ1v) is 14.4. The van der Waals surface area contributed by atoms with Gasteiger partial charge in [0.05, 0.1) is 24.8 Å². The number of nitrogens with one attached hydrogen (secondary N) is 1. The fraction of sp³-hybridized carbons (Fsp3) is 0.344. The Morgan fingerprint density at radius 1 is 1.05 bits per heavy atom. The molecule has 1 aliphatic carbocycles. The van der Waals surface area contributed by atoms with Crippen LogP contribution in [0.3, 0.4) is 0 Å². The van der Waals surface area contributed by atoms with E-state index in [-0.39, 0.29) is 36.6 Å². The molecule has 11 heteroatoms. The normalized spacial score (nSPS) is 14.2. The quantitative estimate of drug-likeness (QED) is 0.259. The van der Waals surface area contributed by atoms with Crippen molar-refractivity contribution in [2.75, 3.05) is 18.6 Å². The highest BCUT2D eigenvalue weighted by Gasteiger charge is 2.35. The van der Waals surface area contributed by atoms with Crippen molar-refractivity contribution in [3.05, 3.63) is 77.9 Å². The molecular formula is C32H35N5O6. The van der Waals surface area contributed by atoms with Crippen molar-refractivity contribution >= 4 is 34.5 Å². The van der Waals surface area contributed by atoms with Crippen LogP contribution in [-0.2, 0) is 20.9 Å². The van der Waals surface area contributed by atoms with Crippen molar-refractivity contribution in [2.24, 2.45) is 0 Å². The number of carbonyl (C=O) groups excluding carboxylic acids is 3. The minimum absolute atomic E-state index is 0.0296. The molecule has 1 aliphatic rings. The summed E-state index contributed by atoms with van der Waals surface area (Å²) in [7, 11) is 1.44. The minimum atomic E-state index is -1.16. The van der Waals surface area contributed by atoms with Gasteiger partial charge in [-0.1, -0.05) is 42.7 Å². The van der Waals surface area contributed by atoms with E-state index in [1.54, 1.807) is 49.4 Å². The van der Waals surface area contributed by atoms with Gasteiger partial charge >= 0.3 is 5.97 Å². The van der Waals surface area contributed by atoms with Gasteiger partial charge in [0.1, 0.15) is 18.1 Å². The van der Waals surface area contributed by atoms with Crippen LogP contribution in [0, 0.1) is 0 Å². The Kier molecular flexibility index (Phi) is 9.19. The lowest BCUT2D eigenvalue weighted by Gasteiger charge is -2.33. The van der Waals surface area contributed by atoms with E-state index in [9.17, 15) is 19.5 Å². The van der Waals surface area contributed by atoms with Gasteiger partial charge in [0.15, 0.2) is 11.5 Å². The smallest absolute Gasteiger partial charge is 0.338 e. The third kappa shape index (κ3) is 6.61. The zero-order chi connectivity index (χ0) is 30.3. The maximum atomic E-state index is 14.3. The monoisotopic (exact) mass is 585 g/mol. The molecule has 2 amide bonds. The molecule has 3 aromatic carbocycles. The highest BCUT2D eigenvalue weighted by molar-refractivity contribution is 6.02. The summed E-state index contributed by atoms with van der Waals surface area (Å²) in [4.78, 5) is 42.2. The van der Waals surface area contributed by atoms with Crippen LogP contribution in [0.5, 0.6) is 11.5 Å². The molecule has 0 bridgehead atoms. The van der Waals surface area contributed by atoms with E-state index in [0.29, 0.717) is 27.8 Å². The number of hydrogen-bond donors (Lipinski definition) is 2. The van der Waals surface area contributed by atoms with E-state index >= 15 is 0 Å². The summed E-state index contributed by atoms with van der Waals surface area (Å²) in [6.07, 6.45) is 4.83. The van der Waals surface area contributed by atoms with Crippen molar-refractivity contribution in [1.29, 1.82) is 0 Å². The highest BCUT2D eigenvalue weighted by Crippen LogP contribution is 2.35. The fourth-order valence-electron chi connectivity index (χ4n) is 5.47. The van der Waals surface area contributed by atoms with Crippen molar-refractivity contribution in [3.8, 4) is 11.5 Å². The maximum Gasteiger partial charge on any atom is 0.338 e.